The first-order valence-electron chi connectivity index (χ1n) is 6.95. The van der Waals surface area contributed by atoms with Crippen LogP contribution in [0.25, 0.3) is 0 Å². The summed E-state index contributed by atoms with van der Waals surface area (Å²) in [6, 6.07) is 4.17. The third-order valence-corrected chi connectivity index (χ3v) is 4.17. The lowest BCUT2D eigenvalue weighted by Gasteiger charge is -2.32. The molecule has 2 rings (SSSR count). The molecule has 0 aliphatic carbocycles. The van der Waals surface area contributed by atoms with Gasteiger partial charge in [0.2, 0.25) is 0 Å². The number of hydrogen-bond acceptors (Lipinski definition) is 4. The van der Waals surface area contributed by atoms with Crippen LogP contribution in [0.15, 0.2) is 12.3 Å². The monoisotopic (exact) mass is 272 g/mol. The highest BCUT2D eigenvalue weighted by Crippen LogP contribution is 2.36. The SMILES string of the molecule is Cc1cc(B2OC(C)(C)C(C)(C)O2)c(CCC#N)cn1. The van der Waals surface area contributed by atoms with Crippen LogP contribution in [0.3, 0.4) is 0 Å². The van der Waals surface area contributed by atoms with Crippen LogP contribution in [-0.2, 0) is 15.7 Å². The van der Waals surface area contributed by atoms with Crippen LogP contribution in [0.5, 0.6) is 0 Å². The van der Waals surface area contributed by atoms with Gasteiger partial charge < -0.3 is 9.31 Å². The van der Waals surface area contributed by atoms with Gasteiger partial charge in [-0.3, -0.25) is 4.98 Å². The Morgan fingerprint density at radius 1 is 1.25 bits per heavy atom. The predicted octanol–water partition coefficient (Wildman–Crippen LogP) is 2.15. The fourth-order valence-corrected chi connectivity index (χ4v) is 2.20. The standard InChI is InChI=1S/C15H21BN2O2/c1-11-9-13(12(10-18-11)7-6-8-17)16-19-14(2,3)15(4,5)20-16/h9-10H,6-7H2,1-5H3. The van der Waals surface area contributed by atoms with E-state index in [-0.39, 0.29) is 11.2 Å². The molecule has 0 N–H and O–H groups in total. The normalized spacial score (nSPS) is 19.9. The van der Waals surface area contributed by atoms with E-state index >= 15 is 0 Å². The van der Waals surface area contributed by atoms with Crippen LogP contribution in [0, 0.1) is 18.3 Å². The van der Waals surface area contributed by atoms with Crippen LogP contribution in [0.1, 0.15) is 45.4 Å². The highest BCUT2D eigenvalue weighted by Gasteiger charge is 2.52. The number of pyridine rings is 1. The second-order valence-electron chi connectivity index (χ2n) is 6.27. The van der Waals surface area contributed by atoms with Gasteiger partial charge in [-0.15, -0.1) is 0 Å². The molecule has 0 aromatic carbocycles. The Hall–Kier alpha value is -1.38. The van der Waals surface area contributed by atoms with E-state index in [0.717, 1.165) is 16.7 Å². The minimum absolute atomic E-state index is 0.360. The molecule has 20 heavy (non-hydrogen) atoms. The van der Waals surface area contributed by atoms with E-state index in [0.29, 0.717) is 12.8 Å². The minimum Gasteiger partial charge on any atom is -0.399 e. The topological polar surface area (TPSA) is 55.1 Å². The molecule has 1 saturated heterocycles. The number of aromatic nitrogens is 1. The lowest BCUT2D eigenvalue weighted by atomic mass is 9.75. The molecule has 0 amide bonds. The number of nitrogens with zero attached hydrogens (tertiary/aromatic N) is 2. The number of aryl methyl sites for hydroxylation is 2. The molecule has 0 bridgehead atoms. The summed E-state index contributed by atoms with van der Waals surface area (Å²) in [5, 5.41) is 8.77. The molecule has 4 nitrogen and oxygen atoms in total. The van der Waals surface area contributed by atoms with Crippen molar-refractivity contribution in [2.75, 3.05) is 0 Å². The zero-order valence-electron chi connectivity index (χ0n) is 12.9. The quantitative estimate of drug-likeness (QED) is 0.791. The fraction of sp³-hybridized carbons (Fsp3) is 0.600. The second-order valence-corrected chi connectivity index (χ2v) is 6.27. The lowest BCUT2D eigenvalue weighted by molar-refractivity contribution is 0.00578. The van der Waals surface area contributed by atoms with Crippen molar-refractivity contribution in [3.05, 3.63) is 23.5 Å². The molecule has 1 aliphatic rings. The molecule has 0 spiro atoms. The lowest BCUT2D eigenvalue weighted by Crippen LogP contribution is -2.41. The van der Waals surface area contributed by atoms with Gasteiger partial charge in [-0.25, -0.2) is 0 Å². The van der Waals surface area contributed by atoms with Crippen molar-refractivity contribution in [3.63, 3.8) is 0 Å². The Bertz CT molecular complexity index is 533. The number of nitriles is 1. The van der Waals surface area contributed by atoms with Gasteiger partial charge >= 0.3 is 7.12 Å². The van der Waals surface area contributed by atoms with E-state index < -0.39 is 7.12 Å². The third-order valence-electron chi connectivity index (χ3n) is 4.17. The summed E-state index contributed by atoms with van der Waals surface area (Å²) in [5.41, 5.74) is 2.22. The highest BCUT2D eigenvalue weighted by molar-refractivity contribution is 6.62. The van der Waals surface area contributed by atoms with E-state index in [2.05, 4.69) is 11.1 Å². The van der Waals surface area contributed by atoms with E-state index in [1.54, 1.807) is 0 Å². The maximum absolute atomic E-state index is 8.77. The first kappa shape index (κ1) is 15.0. The first-order chi connectivity index (χ1) is 9.27. The Morgan fingerprint density at radius 3 is 2.40 bits per heavy atom. The van der Waals surface area contributed by atoms with E-state index in [4.69, 9.17) is 14.6 Å². The van der Waals surface area contributed by atoms with E-state index in [9.17, 15) is 0 Å². The molecule has 1 aromatic heterocycles. The average molecular weight is 272 g/mol. The fourth-order valence-electron chi connectivity index (χ4n) is 2.20. The van der Waals surface area contributed by atoms with E-state index in [1.807, 2.05) is 46.9 Å². The molecule has 106 valence electrons. The molecule has 0 unspecified atom stereocenters. The van der Waals surface area contributed by atoms with Crippen LogP contribution in [0.2, 0.25) is 0 Å². The van der Waals surface area contributed by atoms with Gasteiger partial charge in [0, 0.05) is 18.3 Å². The van der Waals surface area contributed by atoms with Crippen LogP contribution >= 0.6 is 0 Å². The maximum Gasteiger partial charge on any atom is 0.495 e. The summed E-state index contributed by atoms with van der Waals surface area (Å²) in [4.78, 5) is 4.32. The number of rotatable bonds is 3. The Balaban J connectivity index is 2.34. The first-order valence-corrected chi connectivity index (χ1v) is 6.95. The average Bonchev–Trinajstić information content (AvgIpc) is 2.57. The van der Waals surface area contributed by atoms with Gasteiger partial charge in [-0.1, -0.05) is 0 Å². The smallest absolute Gasteiger partial charge is 0.399 e. The maximum atomic E-state index is 8.77. The molecule has 1 aromatic rings. The van der Waals surface area contributed by atoms with Gasteiger partial charge in [0.1, 0.15) is 0 Å². The zero-order valence-corrected chi connectivity index (χ0v) is 12.9. The molecule has 1 aliphatic heterocycles. The summed E-state index contributed by atoms with van der Waals surface area (Å²) >= 11 is 0. The van der Waals surface area contributed by atoms with Gasteiger partial charge in [0.05, 0.1) is 17.3 Å². The highest BCUT2D eigenvalue weighted by atomic mass is 16.7. The summed E-state index contributed by atoms with van der Waals surface area (Å²) < 4.78 is 12.2. The Morgan fingerprint density at radius 2 is 1.85 bits per heavy atom. The molecule has 0 atom stereocenters. The van der Waals surface area contributed by atoms with Crippen molar-refractivity contribution in [2.24, 2.45) is 0 Å². The predicted molar refractivity (Wildman–Crippen MR) is 78.6 cm³/mol. The van der Waals surface area contributed by atoms with Crippen molar-refractivity contribution < 1.29 is 9.31 Å². The summed E-state index contributed by atoms with van der Waals surface area (Å²) in [5.74, 6) is 0. The summed E-state index contributed by atoms with van der Waals surface area (Å²) in [6.07, 6.45) is 2.97. The molecule has 5 heteroatoms. The van der Waals surface area contributed by atoms with Crippen molar-refractivity contribution in [1.29, 1.82) is 5.26 Å². The van der Waals surface area contributed by atoms with Crippen molar-refractivity contribution in [2.45, 2.75) is 58.7 Å². The molecular formula is C15H21BN2O2. The van der Waals surface area contributed by atoms with Crippen molar-refractivity contribution in [1.82, 2.24) is 4.98 Å². The Kier molecular flexibility index (Phi) is 3.90. The zero-order chi connectivity index (χ0) is 15.0. The number of hydrogen-bond donors (Lipinski definition) is 0. The molecular weight excluding hydrogens is 251 g/mol. The van der Waals surface area contributed by atoms with Crippen molar-refractivity contribution >= 4 is 12.6 Å². The van der Waals surface area contributed by atoms with Crippen LogP contribution < -0.4 is 5.46 Å². The summed E-state index contributed by atoms with van der Waals surface area (Å²) in [7, 11) is -0.393. The van der Waals surface area contributed by atoms with Crippen LogP contribution in [0.4, 0.5) is 0 Å². The van der Waals surface area contributed by atoms with Crippen molar-refractivity contribution in [3.8, 4) is 6.07 Å². The molecule has 2 heterocycles. The summed E-state index contributed by atoms with van der Waals surface area (Å²) in [6.45, 7) is 10.1. The van der Waals surface area contributed by atoms with Gasteiger partial charge in [-0.05, 0) is 58.1 Å². The molecule has 0 radical (unpaired) electrons. The Labute approximate surface area is 121 Å². The molecule has 1 fully saturated rings. The molecule has 0 saturated carbocycles. The second kappa shape index (κ2) is 5.19. The third kappa shape index (κ3) is 2.72. The largest absolute Gasteiger partial charge is 0.495 e. The van der Waals surface area contributed by atoms with Gasteiger partial charge in [0.15, 0.2) is 0 Å². The minimum atomic E-state index is -0.393. The van der Waals surface area contributed by atoms with E-state index in [1.165, 1.54) is 0 Å². The van der Waals surface area contributed by atoms with Crippen LogP contribution in [-0.4, -0.2) is 23.3 Å². The van der Waals surface area contributed by atoms with Gasteiger partial charge in [-0.2, -0.15) is 5.26 Å². The van der Waals surface area contributed by atoms with Gasteiger partial charge in [0.25, 0.3) is 0 Å².